The minimum absolute atomic E-state index is 0.0360. The van der Waals surface area contributed by atoms with Crippen molar-refractivity contribution < 1.29 is 9.53 Å². The number of unbranched alkanes of at least 4 members (excludes halogenated alkanes) is 1. The van der Waals surface area contributed by atoms with E-state index < -0.39 is 0 Å². The lowest BCUT2D eigenvalue weighted by molar-refractivity contribution is -0.123. The Balaban J connectivity index is 2.32. The molecule has 1 rings (SSSR count). The van der Waals surface area contributed by atoms with E-state index in [1.807, 2.05) is 24.3 Å². The van der Waals surface area contributed by atoms with Crippen LogP contribution in [-0.2, 0) is 11.2 Å². The van der Waals surface area contributed by atoms with Gasteiger partial charge in [0, 0.05) is 13.1 Å². The van der Waals surface area contributed by atoms with Crippen LogP contribution in [0.3, 0.4) is 0 Å². The third kappa shape index (κ3) is 5.68. The maximum atomic E-state index is 11.3. The standard InChI is InChI=1S/C14H22N2O2/c1-2-3-4-12-5-7-13(8-6-12)18-11-14(17)16-10-9-15/h5-8H,2-4,9-11,15H2,1H3,(H,16,17). The van der Waals surface area contributed by atoms with Gasteiger partial charge >= 0.3 is 0 Å². The summed E-state index contributed by atoms with van der Waals surface area (Å²) in [4.78, 5) is 11.3. The maximum Gasteiger partial charge on any atom is 0.257 e. The van der Waals surface area contributed by atoms with Gasteiger partial charge in [0.05, 0.1) is 0 Å². The van der Waals surface area contributed by atoms with E-state index in [4.69, 9.17) is 10.5 Å². The number of aryl methyl sites for hydroxylation is 1. The average Bonchev–Trinajstić information content (AvgIpc) is 2.41. The van der Waals surface area contributed by atoms with Gasteiger partial charge in [-0.1, -0.05) is 25.5 Å². The normalized spacial score (nSPS) is 10.1. The molecule has 0 aliphatic rings. The van der Waals surface area contributed by atoms with Gasteiger partial charge in [0.1, 0.15) is 5.75 Å². The molecule has 0 saturated heterocycles. The van der Waals surface area contributed by atoms with Crippen molar-refractivity contribution in [3.8, 4) is 5.75 Å². The zero-order chi connectivity index (χ0) is 13.2. The Labute approximate surface area is 109 Å². The SMILES string of the molecule is CCCCc1ccc(OCC(=O)NCCN)cc1. The number of rotatable bonds is 8. The molecule has 1 aromatic rings. The third-order valence-electron chi connectivity index (χ3n) is 2.58. The second kappa shape index (κ2) is 8.53. The lowest BCUT2D eigenvalue weighted by Crippen LogP contribution is -2.32. The van der Waals surface area contributed by atoms with E-state index in [0.29, 0.717) is 13.1 Å². The van der Waals surface area contributed by atoms with Crippen molar-refractivity contribution in [1.29, 1.82) is 0 Å². The van der Waals surface area contributed by atoms with Gasteiger partial charge in [-0.3, -0.25) is 4.79 Å². The van der Waals surface area contributed by atoms with E-state index in [0.717, 1.165) is 12.2 Å². The van der Waals surface area contributed by atoms with Crippen LogP contribution >= 0.6 is 0 Å². The fourth-order valence-electron chi connectivity index (χ4n) is 1.54. The van der Waals surface area contributed by atoms with Crippen LogP contribution in [0.1, 0.15) is 25.3 Å². The van der Waals surface area contributed by atoms with Gasteiger partial charge in [0.25, 0.3) is 5.91 Å². The van der Waals surface area contributed by atoms with Gasteiger partial charge in [0.15, 0.2) is 6.61 Å². The number of ether oxygens (including phenoxy) is 1. The largest absolute Gasteiger partial charge is 0.484 e. The summed E-state index contributed by atoms with van der Waals surface area (Å²) in [6.07, 6.45) is 3.48. The van der Waals surface area contributed by atoms with Gasteiger partial charge < -0.3 is 15.8 Å². The van der Waals surface area contributed by atoms with Crippen LogP contribution in [0, 0.1) is 0 Å². The van der Waals surface area contributed by atoms with Crippen LogP contribution in [0.4, 0.5) is 0 Å². The van der Waals surface area contributed by atoms with E-state index in [9.17, 15) is 4.79 Å². The Morgan fingerprint density at radius 3 is 2.67 bits per heavy atom. The minimum Gasteiger partial charge on any atom is -0.484 e. The number of amides is 1. The molecule has 0 spiro atoms. The van der Waals surface area contributed by atoms with Crippen LogP contribution in [-0.4, -0.2) is 25.6 Å². The van der Waals surface area contributed by atoms with Gasteiger partial charge in [-0.25, -0.2) is 0 Å². The first-order valence-electron chi connectivity index (χ1n) is 6.44. The Morgan fingerprint density at radius 1 is 1.33 bits per heavy atom. The number of hydrogen-bond donors (Lipinski definition) is 2. The predicted octanol–water partition coefficient (Wildman–Crippen LogP) is 1.48. The molecule has 3 N–H and O–H groups in total. The van der Waals surface area contributed by atoms with Crippen LogP contribution in [0.15, 0.2) is 24.3 Å². The van der Waals surface area contributed by atoms with E-state index in [1.165, 1.54) is 18.4 Å². The van der Waals surface area contributed by atoms with Crippen LogP contribution in [0.2, 0.25) is 0 Å². The number of nitrogens with one attached hydrogen (secondary N) is 1. The third-order valence-corrected chi connectivity index (χ3v) is 2.58. The summed E-state index contributed by atoms with van der Waals surface area (Å²) in [6.45, 7) is 3.14. The summed E-state index contributed by atoms with van der Waals surface area (Å²) in [5.41, 5.74) is 6.59. The van der Waals surface area contributed by atoms with E-state index >= 15 is 0 Å². The Hall–Kier alpha value is -1.55. The highest BCUT2D eigenvalue weighted by molar-refractivity contribution is 5.77. The number of carbonyl (C=O) groups is 1. The second-order valence-corrected chi connectivity index (χ2v) is 4.17. The molecule has 0 atom stereocenters. The fraction of sp³-hybridized carbons (Fsp3) is 0.500. The maximum absolute atomic E-state index is 11.3. The molecule has 1 aromatic carbocycles. The number of hydrogen-bond acceptors (Lipinski definition) is 3. The van der Waals surface area contributed by atoms with Gasteiger partial charge in [-0.05, 0) is 30.5 Å². The van der Waals surface area contributed by atoms with Crippen LogP contribution < -0.4 is 15.8 Å². The highest BCUT2D eigenvalue weighted by Gasteiger charge is 2.01. The van der Waals surface area contributed by atoms with Gasteiger partial charge in [0.2, 0.25) is 0 Å². The smallest absolute Gasteiger partial charge is 0.257 e. The molecule has 0 saturated carbocycles. The van der Waals surface area contributed by atoms with Crippen molar-refractivity contribution >= 4 is 5.91 Å². The summed E-state index contributed by atoms with van der Waals surface area (Å²) >= 11 is 0. The van der Waals surface area contributed by atoms with E-state index in [-0.39, 0.29) is 12.5 Å². The number of carbonyl (C=O) groups excluding carboxylic acids is 1. The molecule has 4 nitrogen and oxygen atoms in total. The summed E-state index contributed by atoms with van der Waals surface area (Å²) < 4.78 is 5.37. The second-order valence-electron chi connectivity index (χ2n) is 4.17. The molecule has 0 aliphatic carbocycles. The first kappa shape index (κ1) is 14.5. The molecule has 4 heteroatoms. The molecular formula is C14H22N2O2. The molecule has 0 heterocycles. The summed E-state index contributed by atoms with van der Waals surface area (Å²) in [6, 6.07) is 7.90. The monoisotopic (exact) mass is 250 g/mol. The molecule has 18 heavy (non-hydrogen) atoms. The van der Waals surface area contributed by atoms with Crippen molar-refractivity contribution in [2.75, 3.05) is 19.7 Å². The summed E-state index contributed by atoms with van der Waals surface area (Å²) in [5, 5.41) is 2.65. The van der Waals surface area contributed by atoms with Crippen LogP contribution in [0.25, 0.3) is 0 Å². The Morgan fingerprint density at radius 2 is 2.06 bits per heavy atom. The van der Waals surface area contributed by atoms with E-state index in [1.54, 1.807) is 0 Å². The molecular weight excluding hydrogens is 228 g/mol. The van der Waals surface area contributed by atoms with Gasteiger partial charge in [-0.2, -0.15) is 0 Å². The van der Waals surface area contributed by atoms with Crippen molar-refractivity contribution in [2.24, 2.45) is 5.73 Å². The molecule has 0 radical (unpaired) electrons. The molecule has 0 fully saturated rings. The molecule has 1 amide bonds. The predicted molar refractivity (Wildman–Crippen MR) is 72.6 cm³/mol. The topological polar surface area (TPSA) is 64.3 Å². The Bertz CT molecular complexity index is 349. The van der Waals surface area contributed by atoms with Crippen molar-refractivity contribution in [2.45, 2.75) is 26.2 Å². The fourth-order valence-corrected chi connectivity index (χ4v) is 1.54. The molecule has 0 unspecified atom stereocenters. The molecule has 0 bridgehead atoms. The van der Waals surface area contributed by atoms with Crippen molar-refractivity contribution in [3.05, 3.63) is 29.8 Å². The van der Waals surface area contributed by atoms with Crippen molar-refractivity contribution in [1.82, 2.24) is 5.32 Å². The Kier molecular flexibility index (Phi) is 6.87. The summed E-state index contributed by atoms with van der Waals surface area (Å²) in [5.74, 6) is 0.577. The van der Waals surface area contributed by atoms with E-state index in [2.05, 4.69) is 12.2 Å². The first-order valence-corrected chi connectivity index (χ1v) is 6.44. The lowest BCUT2D eigenvalue weighted by Gasteiger charge is -2.07. The average molecular weight is 250 g/mol. The minimum atomic E-state index is -0.143. The molecule has 100 valence electrons. The van der Waals surface area contributed by atoms with Crippen molar-refractivity contribution in [3.63, 3.8) is 0 Å². The lowest BCUT2D eigenvalue weighted by atomic mass is 10.1. The quantitative estimate of drug-likeness (QED) is 0.734. The zero-order valence-corrected chi connectivity index (χ0v) is 10.9. The van der Waals surface area contributed by atoms with Crippen LogP contribution in [0.5, 0.6) is 5.75 Å². The number of nitrogens with two attached hydrogens (primary N) is 1. The zero-order valence-electron chi connectivity index (χ0n) is 10.9. The molecule has 0 aliphatic heterocycles. The highest BCUT2D eigenvalue weighted by Crippen LogP contribution is 2.13. The highest BCUT2D eigenvalue weighted by atomic mass is 16.5. The summed E-state index contributed by atoms with van der Waals surface area (Å²) in [7, 11) is 0. The first-order chi connectivity index (χ1) is 8.76. The molecule has 0 aromatic heterocycles. The van der Waals surface area contributed by atoms with Gasteiger partial charge in [-0.15, -0.1) is 0 Å². The number of benzene rings is 1.